The minimum absolute atomic E-state index is 0.155. The molecule has 1 aromatic carbocycles. The first-order valence-electron chi connectivity index (χ1n) is 5.13. The summed E-state index contributed by atoms with van der Waals surface area (Å²) >= 11 is 0. The Kier molecular flexibility index (Phi) is 4.12. The first-order valence-corrected chi connectivity index (χ1v) is 5.13. The lowest BCUT2D eigenvalue weighted by Gasteiger charge is -2.17. The smallest absolute Gasteiger partial charge is 0.128 e. The van der Waals surface area contributed by atoms with Gasteiger partial charge in [0.15, 0.2) is 0 Å². The molecule has 0 spiro atoms. The second-order valence-corrected chi connectivity index (χ2v) is 3.97. The van der Waals surface area contributed by atoms with Crippen molar-refractivity contribution in [3.63, 3.8) is 0 Å². The fourth-order valence-electron chi connectivity index (χ4n) is 1.45. The Hall–Kier alpha value is -1.06. The van der Waals surface area contributed by atoms with E-state index in [2.05, 4.69) is 17.8 Å². The van der Waals surface area contributed by atoms with Gasteiger partial charge in [-0.3, -0.25) is 4.84 Å². The minimum Gasteiger partial charge on any atom is -0.490 e. The topological polar surface area (TPSA) is 44.5 Å². The highest BCUT2D eigenvalue weighted by atomic mass is 16.6. The third-order valence-corrected chi connectivity index (χ3v) is 2.35. The maximum Gasteiger partial charge on any atom is 0.128 e. The van der Waals surface area contributed by atoms with E-state index < -0.39 is 0 Å². The molecule has 0 atom stereocenters. The quantitative estimate of drug-likeness (QED) is 0.775. The van der Waals surface area contributed by atoms with Gasteiger partial charge >= 0.3 is 0 Å². The number of rotatable bonds is 4. The average Bonchev–Trinajstić information content (AvgIpc) is 2.17. The molecule has 0 saturated carbocycles. The SMILES string of the molecule is Cc1ccc(CON)c(OC(C)C)c1C. The van der Waals surface area contributed by atoms with Crippen molar-refractivity contribution in [1.82, 2.24) is 0 Å². The number of nitrogens with two attached hydrogens (primary N) is 1. The standard InChI is InChI=1S/C12H19NO2/c1-8(2)15-12-10(4)9(3)5-6-11(12)7-14-13/h5-6,8H,7,13H2,1-4H3. The molecule has 15 heavy (non-hydrogen) atoms. The van der Waals surface area contributed by atoms with Crippen LogP contribution >= 0.6 is 0 Å². The Morgan fingerprint density at radius 1 is 1.27 bits per heavy atom. The number of aryl methyl sites for hydroxylation is 1. The third-order valence-electron chi connectivity index (χ3n) is 2.35. The summed E-state index contributed by atoms with van der Waals surface area (Å²) in [5.74, 6) is 5.99. The van der Waals surface area contributed by atoms with Gasteiger partial charge in [0.25, 0.3) is 0 Å². The fraction of sp³-hybridized carbons (Fsp3) is 0.500. The highest BCUT2D eigenvalue weighted by Gasteiger charge is 2.10. The van der Waals surface area contributed by atoms with Gasteiger partial charge in [0, 0.05) is 5.56 Å². The van der Waals surface area contributed by atoms with E-state index in [1.54, 1.807) is 0 Å². The molecule has 0 fully saturated rings. The van der Waals surface area contributed by atoms with Crippen LogP contribution in [-0.2, 0) is 11.4 Å². The molecule has 3 nitrogen and oxygen atoms in total. The first kappa shape index (κ1) is 12.0. The molecule has 0 bridgehead atoms. The maximum absolute atomic E-state index is 5.77. The van der Waals surface area contributed by atoms with Crippen molar-refractivity contribution >= 4 is 0 Å². The van der Waals surface area contributed by atoms with Crippen LogP contribution in [0.1, 0.15) is 30.5 Å². The zero-order valence-corrected chi connectivity index (χ0v) is 9.83. The lowest BCUT2D eigenvalue weighted by molar-refractivity contribution is 0.119. The van der Waals surface area contributed by atoms with Crippen molar-refractivity contribution in [3.05, 3.63) is 28.8 Å². The number of hydrogen-bond donors (Lipinski definition) is 1. The molecule has 0 aliphatic carbocycles. The normalized spacial score (nSPS) is 10.8. The van der Waals surface area contributed by atoms with Crippen molar-refractivity contribution in [2.24, 2.45) is 5.90 Å². The Morgan fingerprint density at radius 3 is 2.47 bits per heavy atom. The Labute approximate surface area is 91.1 Å². The Bertz CT molecular complexity index is 335. The van der Waals surface area contributed by atoms with Crippen LogP contribution in [0.5, 0.6) is 5.75 Å². The number of hydrogen-bond acceptors (Lipinski definition) is 3. The van der Waals surface area contributed by atoms with Crippen molar-refractivity contribution in [3.8, 4) is 5.75 Å². The van der Waals surface area contributed by atoms with Gasteiger partial charge in [0.2, 0.25) is 0 Å². The largest absolute Gasteiger partial charge is 0.490 e. The second-order valence-electron chi connectivity index (χ2n) is 3.97. The monoisotopic (exact) mass is 209 g/mol. The minimum atomic E-state index is 0.155. The van der Waals surface area contributed by atoms with E-state index in [1.165, 1.54) is 5.56 Å². The molecule has 1 rings (SSSR count). The van der Waals surface area contributed by atoms with E-state index in [-0.39, 0.29) is 6.10 Å². The molecule has 0 amide bonds. The average molecular weight is 209 g/mol. The molecule has 84 valence electrons. The van der Waals surface area contributed by atoms with E-state index in [0.29, 0.717) is 6.61 Å². The molecule has 2 N–H and O–H groups in total. The van der Waals surface area contributed by atoms with Gasteiger partial charge in [-0.2, -0.15) is 0 Å². The van der Waals surface area contributed by atoms with Gasteiger partial charge in [-0.15, -0.1) is 0 Å². The Morgan fingerprint density at radius 2 is 1.93 bits per heavy atom. The van der Waals surface area contributed by atoms with Crippen molar-refractivity contribution in [2.75, 3.05) is 0 Å². The molecule has 1 aromatic rings. The molecular formula is C12H19NO2. The maximum atomic E-state index is 5.77. The summed E-state index contributed by atoms with van der Waals surface area (Å²) < 4.78 is 5.77. The molecule has 3 heteroatoms. The van der Waals surface area contributed by atoms with E-state index in [0.717, 1.165) is 16.9 Å². The second kappa shape index (κ2) is 5.14. The summed E-state index contributed by atoms with van der Waals surface area (Å²) in [5.41, 5.74) is 3.36. The summed E-state index contributed by atoms with van der Waals surface area (Å²) in [6, 6.07) is 4.05. The van der Waals surface area contributed by atoms with Crippen LogP contribution in [0, 0.1) is 13.8 Å². The van der Waals surface area contributed by atoms with Crippen molar-refractivity contribution < 1.29 is 9.57 Å². The highest BCUT2D eigenvalue weighted by molar-refractivity contribution is 5.45. The van der Waals surface area contributed by atoms with Crippen LogP contribution < -0.4 is 10.6 Å². The fourth-order valence-corrected chi connectivity index (χ4v) is 1.45. The predicted octanol–water partition coefficient (Wildman–Crippen LogP) is 2.48. The first-order chi connectivity index (χ1) is 7.06. The molecule has 0 heterocycles. The predicted molar refractivity (Wildman–Crippen MR) is 60.7 cm³/mol. The lowest BCUT2D eigenvalue weighted by atomic mass is 10.0. The van der Waals surface area contributed by atoms with Gasteiger partial charge < -0.3 is 4.74 Å². The van der Waals surface area contributed by atoms with E-state index >= 15 is 0 Å². The lowest BCUT2D eigenvalue weighted by Crippen LogP contribution is -2.11. The summed E-state index contributed by atoms with van der Waals surface area (Å²) in [6.07, 6.45) is 0.155. The number of ether oxygens (including phenoxy) is 1. The number of benzene rings is 1. The summed E-state index contributed by atoms with van der Waals surface area (Å²) in [6.45, 7) is 8.51. The third kappa shape index (κ3) is 2.94. The zero-order valence-electron chi connectivity index (χ0n) is 9.83. The van der Waals surface area contributed by atoms with Crippen LogP contribution in [0.25, 0.3) is 0 Å². The van der Waals surface area contributed by atoms with Crippen LogP contribution in [0.2, 0.25) is 0 Å². The molecular weight excluding hydrogens is 190 g/mol. The van der Waals surface area contributed by atoms with E-state index in [1.807, 2.05) is 26.8 Å². The van der Waals surface area contributed by atoms with E-state index in [9.17, 15) is 0 Å². The van der Waals surface area contributed by atoms with Crippen LogP contribution in [0.3, 0.4) is 0 Å². The molecule has 0 saturated heterocycles. The summed E-state index contributed by atoms with van der Waals surface area (Å²) in [4.78, 5) is 4.66. The van der Waals surface area contributed by atoms with Gasteiger partial charge in [0.05, 0.1) is 12.7 Å². The molecule has 0 aliphatic rings. The van der Waals surface area contributed by atoms with Crippen LogP contribution in [-0.4, -0.2) is 6.10 Å². The van der Waals surface area contributed by atoms with Crippen molar-refractivity contribution in [2.45, 2.75) is 40.4 Å². The van der Waals surface area contributed by atoms with E-state index in [4.69, 9.17) is 10.6 Å². The van der Waals surface area contributed by atoms with Gasteiger partial charge in [-0.05, 0) is 38.8 Å². The Balaban J connectivity index is 3.10. The molecule has 0 aliphatic heterocycles. The van der Waals surface area contributed by atoms with Crippen LogP contribution in [0.15, 0.2) is 12.1 Å². The van der Waals surface area contributed by atoms with Gasteiger partial charge in [-0.1, -0.05) is 12.1 Å². The molecule has 0 radical (unpaired) electrons. The molecule has 0 aromatic heterocycles. The summed E-state index contributed by atoms with van der Waals surface area (Å²) in [7, 11) is 0. The molecule has 0 unspecified atom stereocenters. The van der Waals surface area contributed by atoms with Gasteiger partial charge in [-0.25, -0.2) is 5.90 Å². The summed E-state index contributed by atoms with van der Waals surface area (Å²) in [5, 5.41) is 0. The zero-order chi connectivity index (χ0) is 11.4. The van der Waals surface area contributed by atoms with Crippen molar-refractivity contribution in [1.29, 1.82) is 0 Å². The van der Waals surface area contributed by atoms with Gasteiger partial charge in [0.1, 0.15) is 5.75 Å². The highest BCUT2D eigenvalue weighted by Crippen LogP contribution is 2.27. The van der Waals surface area contributed by atoms with Crippen LogP contribution in [0.4, 0.5) is 0 Å².